The van der Waals surface area contributed by atoms with Crippen molar-refractivity contribution in [2.45, 2.75) is 50.0 Å². The Hall–Kier alpha value is -3.26. The second kappa shape index (κ2) is 11.4. The molecule has 0 aliphatic carbocycles. The third-order valence-corrected chi connectivity index (χ3v) is 6.79. The molecule has 2 unspecified atom stereocenters. The number of rotatable bonds is 10. The zero-order chi connectivity index (χ0) is 24.7. The van der Waals surface area contributed by atoms with E-state index >= 15 is 0 Å². The van der Waals surface area contributed by atoms with Gasteiger partial charge in [0.2, 0.25) is 17.7 Å². The Bertz CT molecular complexity index is 1010. The number of aromatic nitrogens is 1. The zero-order valence-electron chi connectivity index (χ0n) is 20.2. The number of hydrogen-bond donors (Lipinski definition) is 0. The van der Waals surface area contributed by atoms with Crippen molar-refractivity contribution in [1.82, 2.24) is 14.8 Å². The van der Waals surface area contributed by atoms with E-state index < -0.39 is 5.41 Å². The minimum atomic E-state index is -1.19. The molecule has 2 aliphatic heterocycles. The Labute approximate surface area is 206 Å². The number of likely N-dealkylation sites (tertiary alicyclic amines) is 1. The highest BCUT2D eigenvalue weighted by atomic mass is 16.5. The molecule has 2 saturated heterocycles. The summed E-state index contributed by atoms with van der Waals surface area (Å²) in [5.74, 6) is -0.0937. The van der Waals surface area contributed by atoms with Gasteiger partial charge in [-0.2, -0.15) is 0 Å². The molecule has 0 spiro atoms. The van der Waals surface area contributed by atoms with E-state index in [0.717, 1.165) is 19.3 Å². The van der Waals surface area contributed by atoms with Crippen LogP contribution in [0.1, 0.15) is 44.1 Å². The molecule has 0 N–H and O–H groups in total. The smallest absolute Gasteiger partial charge is 0.240 e. The first-order valence-electron chi connectivity index (χ1n) is 12.3. The monoisotopic (exact) mass is 479 g/mol. The molecule has 0 radical (unpaired) electrons. The third kappa shape index (κ3) is 5.88. The van der Waals surface area contributed by atoms with Crippen molar-refractivity contribution >= 4 is 17.7 Å². The van der Waals surface area contributed by atoms with Gasteiger partial charge in [-0.3, -0.25) is 24.3 Å². The molecule has 2 aliphatic rings. The van der Waals surface area contributed by atoms with Gasteiger partial charge in [-0.25, -0.2) is 0 Å². The Kier molecular flexibility index (Phi) is 8.13. The van der Waals surface area contributed by atoms with Crippen LogP contribution in [0.5, 0.6) is 5.75 Å². The molecule has 0 saturated carbocycles. The summed E-state index contributed by atoms with van der Waals surface area (Å²) >= 11 is 0. The van der Waals surface area contributed by atoms with Gasteiger partial charge in [0.1, 0.15) is 5.75 Å². The van der Waals surface area contributed by atoms with Crippen LogP contribution in [0.2, 0.25) is 0 Å². The molecular formula is C27H33N3O5. The highest BCUT2D eigenvalue weighted by Gasteiger charge is 2.53. The molecule has 2 atom stereocenters. The van der Waals surface area contributed by atoms with Crippen LogP contribution in [-0.2, 0) is 24.5 Å². The van der Waals surface area contributed by atoms with E-state index in [1.54, 1.807) is 36.5 Å². The van der Waals surface area contributed by atoms with Gasteiger partial charge < -0.3 is 14.4 Å². The van der Waals surface area contributed by atoms with Gasteiger partial charge in [0, 0.05) is 45.8 Å². The molecule has 4 rings (SSSR count). The summed E-state index contributed by atoms with van der Waals surface area (Å²) in [4.78, 5) is 47.0. The van der Waals surface area contributed by atoms with E-state index in [1.807, 2.05) is 30.3 Å². The largest absolute Gasteiger partial charge is 0.492 e. The van der Waals surface area contributed by atoms with Crippen LogP contribution in [0.25, 0.3) is 0 Å². The second-order valence-electron chi connectivity index (χ2n) is 9.31. The van der Waals surface area contributed by atoms with Crippen LogP contribution in [0.4, 0.5) is 0 Å². The van der Waals surface area contributed by atoms with Gasteiger partial charge in [0.05, 0.1) is 24.3 Å². The molecule has 3 amide bonds. The fraction of sp³-hybridized carbons (Fsp3) is 0.481. The first-order chi connectivity index (χ1) is 17.0. The standard InChI is InChI=1S/C27H33N3O5/c1-29(20-23-11-5-6-15-35-23)24(31)17-27(21-9-3-2-4-10-21)18-25(32)30(26(27)33)14-8-16-34-22-12-7-13-28-19-22/h2-4,7,9-10,12-13,19,23H,5-6,8,11,14-18,20H2,1H3. The molecule has 2 aromatic rings. The van der Waals surface area contributed by atoms with Crippen LogP contribution in [0.3, 0.4) is 0 Å². The number of carbonyl (C=O) groups is 3. The summed E-state index contributed by atoms with van der Waals surface area (Å²) in [5.41, 5.74) is -0.496. The third-order valence-electron chi connectivity index (χ3n) is 6.79. The fourth-order valence-electron chi connectivity index (χ4n) is 4.85. The molecule has 2 fully saturated rings. The minimum absolute atomic E-state index is 0.0151. The molecule has 8 heteroatoms. The number of imide groups is 1. The normalized spacial score (nSPS) is 22.3. The average Bonchev–Trinajstić information content (AvgIpc) is 3.13. The zero-order valence-corrected chi connectivity index (χ0v) is 20.2. The molecular weight excluding hydrogens is 446 g/mol. The van der Waals surface area contributed by atoms with E-state index in [4.69, 9.17) is 9.47 Å². The summed E-state index contributed by atoms with van der Waals surface area (Å²) in [5, 5.41) is 0. The van der Waals surface area contributed by atoms with Crippen LogP contribution in [0.15, 0.2) is 54.9 Å². The number of amides is 3. The second-order valence-corrected chi connectivity index (χ2v) is 9.31. The highest BCUT2D eigenvalue weighted by Crippen LogP contribution is 2.40. The van der Waals surface area contributed by atoms with Gasteiger partial charge >= 0.3 is 0 Å². The van der Waals surface area contributed by atoms with E-state index in [9.17, 15) is 14.4 Å². The average molecular weight is 480 g/mol. The van der Waals surface area contributed by atoms with Crippen molar-refractivity contribution < 1.29 is 23.9 Å². The minimum Gasteiger partial charge on any atom is -0.492 e. The highest BCUT2D eigenvalue weighted by molar-refractivity contribution is 6.10. The molecule has 186 valence electrons. The van der Waals surface area contributed by atoms with Gasteiger partial charge in [0.15, 0.2) is 0 Å². The summed E-state index contributed by atoms with van der Waals surface area (Å²) in [6.45, 7) is 1.80. The van der Waals surface area contributed by atoms with E-state index in [2.05, 4.69) is 4.98 Å². The maximum Gasteiger partial charge on any atom is 0.240 e. The van der Waals surface area contributed by atoms with Gasteiger partial charge in [-0.15, -0.1) is 0 Å². The number of ether oxygens (including phenoxy) is 2. The Morgan fingerprint density at radius 2 is 2.03 bits per heavy atom. The molecule has 8 nitrogen and oxygen atoms in total. The van der Waals surface area contributed by atoms with E-state index in [0.29, 0.717) is 37.5 Å². The summed E-state index contributed by atoms with van der Waals surface area (Å²) in [7, 11) is 1.74. The van der Waals surface area contributed by atoms with Crippen molar-refractivity contribution in [2.75, 3.05) is 33.4 Å². The Morgan fingerprint density at radius 1 is 1.20 bits per heavy atom. The van der Waals surface area contributed by atoms with Crippen molar-refractivity contribution in [2.24, 2.45) is 0 Å². The molecule has 1 aromatic heterocycles. The fourth-order valence-corrected chi connectivity index (χ4v) is 4.85. The van der Waals surface area contributed by atoms with E-state index in [1.165, 1.54) is 4.90 Å². The SMILES string of the molecule is CN(CC1CCCCO1)C(=O)CC1(c2ccccc2)CC(=O)N(CCCOc2cccnc2)C1=O. The van der Waals surface area contributed by atoms with Gasteiger partial charge in [-0.1, -0.05) is 30.3 Å². The number of carbonyl (C=O) groups excluding carboxylic acids is 3. The van der Waals surface area contributed by atoms with Crippen LogP contribution < -0.4 is 4.74 Å². The first kappa shape index (κ1) is 24.9. The summed E-state index contributed by atoms with van der Waals surface area (Å²) < 4.78 is 11.4. The number of likely N-dealkylation sites (N-methyl/N-ethyl adjacent to an activating group) is 1. The van der Waals surface area contributed by atoms with E-state index in [-0.39, 0.29) is 43.2 Å². The number of hydrogen-bond acceptors (Lipinski definition) is 6. The van der Waals surface area contributed by atoms with Crippen molar-refractivity contribution in [3.05, 3.63) is 60.4 Å². The summed E-state index contributed by atoms with van der Waals surface area (Å²) in [6.07, 6.45) is 6.79. The Morgan fingerprint density at radius 3 is 2.74 bits per heavy atom. The number of nitrogens with zero attached hydrogens (tertiary/aromatic N) is 3. The molecule has 1 aromatic carbocycles. The first-order valence-corrected chi connectivity index (χ1v) is 12.3. The quantitative estimate of drug-likeness (QED) is 0.385. The number of pyridine rings is 1. The predicted octanol–water partition coefficient (Wildman–Crippen LogP) is 2.97. The Balaban J connectivity index is 1.44. The van der Waals surface area contributed by atoms with Crippen LogP contribution >= 0.6 is 0 Å². The molecule has 0 bridgehead atoms. The van der Waals surface area contributed by atoms with Gasteiger partial charge in [0.25, 0.3) is 0 Å². The van der Waals surface area contributed by atoms with Crippen molar-refractivity contribution in [3.63, 3.8) is 0 Å². The van der Waals surface area contributed by atoms with Crippen molar-refractivity contribution in [3.8, 4) is 5.75 Å². The molecule has 35 heavy (non-hydrogen) atoms. The topological polar surface area (TPSA) is 89.0 Å². The summed E-state index contributed by atoms with van der Waals surface area (Å²) in [6, 6.07) is 12.8. The predicted molar refractivity (Wildman–Crippen MR) is 130 cm³/mol. The lowest BCUT2D eigenvalue weighted by atomic mass is 9.75. The van der Waals surface area contributed by atoms with Crippen LogP contribution in [0, 0.1) is 0 Å². The van der Waals surface area contributed by atoms with Gasteiger partial charge in [-0.05, 0) is 43.4 Å². The van der Waals surface area contributed by atoms with Crippen LogP contribution in [-0.4, -0.2) is 72.0 Å². The number of benzene rings is 1. The van der Waals surface area contributed by atoms with Crippen molar-refractivity contribution in [1.29, 1.82) is 0 Å². The lowest BCUT2D eigenvalue weighted by Crippen LogP contribution is -2.44. The maximum absolute atomic E-state index is 13.7. The molecule has 3 heterocycles. The lowest BCUT2D eigenvalue weighted by Gasteiger charge is -2.31. The lowest BCUT2D eigenvalue weighted by molar-refractivity contribution is -0.143. The maximum atomic E-state index is 13.7.